The summed E-state index contributed by atoms with van der Waals surface area (Å²) in [5.74, 6) is -1.55. The van der Waals surface area contributed by atoms with Crippen LogP contribution in [0.15, 0.2) is 18.2 Å². The van der Waals surface area contributed by atoms with E-state index in [2.05, 4.69) is 0 Å². The first-order valence-electron chi connectivity index (χ1n) is 5.63. The lowest BCUT2D eigenvalue weighted by Crippen LogP contribution is -2.25. The molecule has 1 unspecified atom stereocenters. The van der Waals surface area contributed by atoms with Crippen LogP contribution in [-0.2, 0) is 4.79 Å². The summed E-state index contributed by atoms with van der Waals surface area (Å²) in [7, 11) is 0. The molecular weight excluding hydrogens is 278 g/mol. The molecule has 1 atom stereocenters. The molecule has 2 nitrogen and oxygen atoms in total. The number of benzene rings is 1. The third-order valence-electron chi connectivity index (χ3n) is 2.49. The Balaban J connectivity index is 2.79. The first kappa shape index (κ1) is 15.1. The maximum absolute atomic E-state index is 13.7. The Morgan fingerprint density at radius 2 is 1.94 bits per heavy atom. The normalized spacial score (nSPS) is 12.2. The maximum Gasteiger partial charge on any atom is 0.220 e. The Morgan fingerprint density at radius 1 is 1.28 bits per heavy atom. The van der Waals surface area contributed by atoms with Gasteiger partial charge in [0.15, 0.2) is 5.78 Å². The molecule has 0 aromatic heterocycles. The molecule has 0 fully saturated rings. The molecule has 0 saturated heterocycles. The van der Waals surface area contributed by atoms with Crippen LogP contribution in [0.5, 0.6) is 0 Å². The lowest BCUT2D eigenvalue weighted by molar-refractivity contribution is -0.122. The Bertz CT molecular complexity index is 460. The number of Topliss-reactive ketones (excluding diaryl/α,β-unsaturated/α-hetero) is 2. The van der Waals surface area contributed by atoms with Crippen LogP contribution in [-0.4, -0.2) is 17.7 Å². The van der Waals surface area contributed by atoms with Gasteiger partial charge in [-0.3, -0.25) is 9.59 Å². The molecule has 1 rings (SSSR count). The van der Waals surface area contributed by atoms with Gasteiger partial charge >= 0.3 is 0 Å². The molecule has 0 aliphatic carbocycles. The second-order valence-corrected chi connectivity index (χ2v) is 4.74. The minimum atomic E-state index is -2.12. The predicted molar refractivity (Wildman–Crippen MR) is 70.2 cm³/mol. The summed E-state index contributed by atoms with van der Waals surface area (Å²) in [4.78, 5) is 23.1. The number of hydrogen-bond donors (Lipinski definition) is 0. The number of unbranched alkanes of at least 4 members (excludes halogenated alkanes) is 1. The van der Waals surface area contributed by atoms with Gasteiger partial charge in [-0.25, -0.2) is 4.39 Å². The summed E-state index contributed by atoms with van der Waals surface area (Å²) < 4.78 is 13.7. The van der Waals surface area contributed by atoms with Crippen LogP contribution in [0.3, 0.4) is 0 Å². The second kappa shape index (κ2) is 6.86. The standard InChI is InChI=1S/C13H13Cl2FO2/c1-2-3-4-11(17)12(16)13(18)8-5-6-9(14)10(15)7-8/h5-7,12H,2-4H2,1H3. The van der Waals surface area contributed by atoms with Crippen LogP contribution in [0.4, 0.5) is 4.39 Å². The molecule has 0 aliphatic rings. The number of alkyl halides is 1. The molecule has 0 aliphatic heterocycles. The van der Waals surface area contributed by atoms with Crippen molar-refractivity contribution < 1.29 is 14.0 Å². The topological polar surface area (TPSA) is 34.1 Å². The number of carbonyl (C=O) groups is 2. The quantitative estimate of drug-likeness (QED) is 0.579. The average molecular weight is 291 g/mol. The van der Waals surface area contributed by atoms with Crippen LogP contribution in [0.25, 0.3) is 0 Å². The molecule has 0 bridgehead atoms. The van der Waals surface area contributed by atoms with Gasteiger partial charge in [0.2, 0.25) is 12.0 Å². The monoisotopic (exact) mass is 290 g/mol. The largest absolute Gasteiger partial charge is 0.296 e. The average Bonchev–Trinajstić information content (AvgIpc) is 2.37. The molecule has 0 saturated carbocycles. The third-order valence-corrected chi connectivity index (χ3v) is 3.23. The summed E-state index contributed by atoms with van der Waals surface area (Å²) in [6, 6.07) is 4.03. The fourth-order valence-corrected chi connectivity index (χ4v) is 1.72. The number of rotatable bonds is 6. The van der Waals surface area contributed by atoms with Gasteiger partial charge in [0, 0.05) is 12.0 Å². The zero-order chi connectivity index (χ0) is 13.7. The highest BCUT2D eigenvalue weighted by Gasteiger charge is 2.26. The Morgan fingerprint density at radius 3 is 2.50 bits per heavy atom. The van der Waals surface area contributed by atoms with Crippen molar-refractivity contribution in [3.05, 3.63) is 33.8 Å². The van der Waals surface area contributed by atoms with Gasteiger partial charge in [-0.1, -0.05) is 36.5 Å². The van der Waals surface area contributed by atoms with Gasteiger partial charge in [-0.15, -0.1) is 0 Å². The lowest BCUT2D eigenvalue weighted by Gasteiger charge is -2.07. The molecule has 0 amide bonds. The van der Waals surface area contributed by atoms with Gasteiger partial charge in [-0.05, 0) is 24.6 Å². The van der Waals surface area contributed by atoms with E-state index in [1.807, 2.05) is 6.92 Å². The number of halogens is 3. The van der Waals surface area contributed by atoms with Gasteiger partial charge < -0.3 is 0 Å². The van der Waals surface area contributed by atoms with Crippen molar-refractivity contribution in [2.24, 2.45) is 0 Å². The summed E-state index contributed by atoms with van der Waals surface area (Å²) >= 11 is 11.4. The highest BCUT2D eigenvalue weighted by Crippen LogP contribution is 2.23. The minimum absolute atomic E-state index is 0.0572. The van der Waals surface area contributed by atoms with Gasteiger partial charge in [0.05, 0.1) is 10.0 Å². The fraction of sp³-hybridized carbons (Fsp3) is 0.385. The van der Waals surface area contributed by atoms with Crippen LogP contribution in [0.1, 0.15) is 36.5 Å². The highest BCUT2D eigenvalue weighted by molar-refractivity contribution is 6.42. The van der Waals surface area contributed by atoms with E-state index >= 15 is 0 Å². The van der Waals surface area contributed by atoms with E-state index in [9.17, 15) is 14.0 Å². The molecule has 18 heavy (non-hydrogen) atoms. The van der Waals surface area contributed by atoms with E-state index in [-0.39, 0.29) is 22.0 Å². The summed E-state index contributed by atoms with van der Waals surface area (Å²) in [5, 5.41) is 0.441. The molecule has 0 heterocycles. The fourth-order valence-electron chi connectivity index (χ4n) is 1.42. The minimum Gasteiger partial charge on any atom is -0.296 e. The van der Waals surface area contributed by atoms with Crippen LogP contribution < -0.4 is 0 Å². The molecule has 0 radical (unpaired) electrons. The molecule has 0 spiro atoms. The van der Waals surface area contributed by atoms with E-state index in [1.54, 1.807) is 0 Å². The highest BCUT2D eigenvalue weighted by atomic mass is 35.5. The van der Waals surface area contributed by atoms with Crippen LogP contribution >= 0.6 is 23.2 Å². The number of carbonyl (C=O) groups excluding carboxylic acids is 2. The number of ketones is 2. The first-order chi connectivity index (χ1) is 8.47. The molecule has 0 N–H and O–H groups in total. The van der Waals surface area contributed by atoms with Gasteiger partial charge in [-0.2, -0.15) is 0 Å². The molecule has 98 valence electrons. The van der Waals surface area contributed by atoms with Crippen molar-refractivity contribution in [2.75, 3.05) is 0 Å². The van der Waals surface area contributed by atoms with Crippen molar-refractivity contribution in [3.63, 3.8) is 0 Å². The summed E-state index contributed by atoms with van der Waals surface area (Å²) in [5.41, 5.74) is 0.0572. The van der Waals surface area contributed by atoms with Crippen molar-refractivity contribution in [3.8, 4) is 0 Å². The molecule has 5 heteroatoms. The maximum atomic E-state index is 13.7. The smallest absolute Gasteiger partial charge is 0.220 e. The number of hydrogen-bond acceptors (Lipinski definition) is 2. The molecular formula is C13H13Cl2FO2. The zero-order valence-electron chi connectivity index (χ0n) is 9.88. The van der Waals surface area contributed by atoms with Crippen LogP contribution in [0, 0.1) is 0 Å². The van der Waals surface area contributed by atoms with Gasteiger partial charge in [0.1, 0.15) is 0 Å². The second-order valence-electron chi connectivity index (χ2n) is 3.93. The molecule has 1 aromatic rings. The van der Waals surface area contributed by atoms with Gasteiger partial charge in [0.25, 0.3) is 0 Å². The van der Waals surface area contributed by atoms with E-state index in [0.717, 1.165) is 6.42 Å². The van der Waals surface area contributed by atoms with Crippen LogP contribution in [0.2, 0.25) is 10.0 Å². The lowest BCUT2D eigenvalue weighted by atomic mass is 10.0. The van der Waals surface area contributed by atoms with Crippen molar-refractivity contribution >= 4 is 34.8 Å². The third kappa shape index (κ3) is 3.79. The zero-order valence-corrected chi connectivity index (χ0v) is 11.4. The predicted octanol–water partition coefficient (Wildman–Crippen LogP) is 4.27. The Labute approximate surface area is 115 Å². The van der Waals surface area contributed by atoms with E-state index in [0.29, 0.717) is 6.42 Å². The van der Waals surface area contributed by atoms with Crippen molar-refractivity contribution in [2.45, 2.75) is 32.4 Å². The Kier molecular flexibility index (Phi) is 5.76. The van der Waals surface area contributed by atoms with Crippen molar-refractivity contribution in [1.29, 1.82) is 0 Å². The first-order valence-corrected chi connectivity index (χ1v) is 6.39. The van der Waals surface area contributed by atoms with E-state index in [4.69, 9.17) is 23.2 Å². The van der Waals surface area contributed by atoms with E-state index in [1.165, 1.54) is 18.2 Å². The van der Waals surface area contributed by atoms with E-state index < -0.39 is 17.7 Å². The Hall–Kier alpha value is -0.930. The van der Waals surface area contributed by atoms with Crippen molar-refractivity contribution in [1.82, 2.24) is 0 Å². The summed E-state index contributed by atoms with van der Waals surface area (Å²) in [6.07, 6.45) is -0.688. The summed E-state index contributed by atoms with van der Waals surface area (Å²) in [6.45, 7) is 1.89. The SMILES string of the molecule is CCCCC(=O)C(F)C(=O)c1ccc(Cl)c(Cl)c1. The molecule has 1 aromatic carbocycles.